The fraction of sp³-hybridized carbons (Fsp3) is 0.500. The Morgan fingerprint density at radius 2 is 2.20 bits per heavy atom. The van der Waals surface area contributed by atoms with Gasteiger partial charge in [-0.25, -0.2) is 0 Å². The molecule has 1 aromatic heterocycles. The van der Waals surface area contributed by atoms with Gasteiger partial charge < -0.3 is 16.0 Å². The Balaban J connectivity index is 2.61. The quantitative estimate of drug-likeness (QED) is 0.705. The third-order valence-corrected chi connectivity index (χ3v) is 3.48. The summed E-state index contributed by atoms with van der Waals surface area (Å²) in [6.07, 6.45) is 1.64. The van der Waals surface area contributed by atoms with Crippen molar-refractivity contribution in [3.8, 4) is 0 Å². The van der Waals surface area contributed by atoms with E-state index in [1.165, 1.54) is 11.8 Å². The highest BCUT2D eigenvalue weighted by Crippen LogP contribution is 2.17. The second-order valence-electron chi connectivity index (χ2n) is 4.29. The van der Waals surface area contributed by atoms with Gasteiger partial charge in [-0.15, -0.1) is 18.3 Å². The molecule has 0 spiro atoms. The lowest BCUT2D eigenvalue weighted by Crippen LogP contribution is -2.31. The van der Waals surface area contributed by atoms with E-state index in [4.69, 9.17) is 5.73 Å². The zero-order chi connectivity index (χ0) is 15.1. The first kappa shape index (κ1) is 16.2. The van der Waals surface area contributed by atoms with Gasteiger partial charge in [0.25, 0.3) is 0 Å². The minimum atomic E-state index is -0.198. The van der Waals surface area contributed by atoms with Crippen LogP contribution in [0.1, 0.15) is 12.7 Å². The fourth-order valence-corrected chi connectivity index (χ4v) is 2.04. The van der Waals surface area contributed by atoms with Crippen molar-refractivity contribution in [3.05, 3.63) is 18.5 Å². The van der Waals surface area contributed by atoms with Gasteiger partial charge >= 0.3 is 0 Å². The van der Waals surface area contributed by atoms with Gasteiger partial charge in [-0.1, -0.05) is 6.08 Å². The number of thioether (sulfide) groups is 1. The molecule has 1 atom stereocenters. The van der Waals surface area contributed by atoms with Crippen LogP contribution in [0.25, 0.3) is 0 Å². The number of nitrogen functional groups attached to an aromatic ring is 1. The maximum Gasteiger partial charge on any atom is 0.233 e. The molecule has 0 saturated carbocycles. The van der Waals surface area contributed by atoms with Crippen LogP contribution in [0.4, 0.5) is 11.9 Å². The highest BCUT2D eigenvalue weighted by Gasteiger charge is 2.14. The summed E-state index contributed by atoms with van der Waals surface area (Å²) >= 11 is 1.44. The zero-order valence-corrected chi connectivity index (χ0v) is 12.8. The number of carbonyl (C=O) groups is 1. The summed E-state index contributed by atoms with van der Waals surface area (Å²) in [6.45, 7) is 5.85. The lowest BCUT2D eigenvalue weighted by Gasteiger charge is -2.13. The van der Waals surface area contributed by atoms with E-state index in [-0.39, 0.29) is 17.1 Å². The normalized spacial score (nSPS) is 11.8. The molecule has 20 heavy (non-hydrogen) atoms. The Morgan fingerprint density at radius 1 is 1.50 bits per heavy atom. The van der Waals surface area contributed by atoms with Crippen molar-refractivity contribution in [2.75, 3.05) is 31.3 Å². The molecule has 0 aliphatic heterocycles. The van der Waals surface area contributed by atoms with Crippen LogP contribution in [0, 0.1) is 0 Å². The van der Waals surface area contributed by atoms with Crippen molar-refractivity contribution in [1.82, 2.24) is 20.3 Å². The highest BCUT2D eigenvalue weighted by molar-refractivity contribution is 7.99. The number of rotatable bonds is 7. The minimum Gasteiger partial charge on any atom is -0.368 e. The van der Waals surface area contributed by atoms with E-state index in [2.05, 4.69) is 26.8 Å². The van der Waals surface area contributed by atoms with Gasteiger partial charge in [0.15, 0.2) is 0 Å². The lowest BCUT2D eigenvalue weighted by molar-refractivity contribution is -0.120. The third kappa shape index (κ3) is 5.04. The van der Waals surface area contributed by atoms with Gasteiger partial charge in [0, 0.05) is 20.6 Å². The Bertz CT molecular complexity index is 479. The maximum absolute atomic E-state index is 11.7. The predicted molar refractivity (Wildman–Crippen MR) is 82.5 cm³/mol. The summed E-state index contributed by atoms with van der Waals surface area (Å²) in [4.78, 5) is 25.8. The first-order valence-corrected chi connectivity index (χ1v) is 7.17. The van der Waals surface area contributed by atoms with Crippen LogP contribution in [0.2, 0.25) is 0 Å². The second-order valence-corrected chi connectivity index (χ2v) is 5.62. The van der Waals surface area contributed by atoms with Gasteiger partial charge in [0.1, 0.15) is 5.82 Å². The molecule has 0 aromatic carbocycles. The molecule has 7 nitrogen and oxygen atoms in total. The smallest absolute Gasteiger partial charge is 0.233 e. The van der Waals surface area contributed by atoms with E-state index in [1.54, 1.807) is 11.0 Å². The molecule has 3 N–H and O–H groups in total. The molecule has 8 heteroatoms. The SMILES string of the molecule is C=CCNC(=O)C(C)SCc1nc(N)nc(N(C)C)n1. The summed E-state index contributed by atoms with van der Waals surface area (Å²) in [5, 5.41) is 2.55. The number of hydrogen-bond acceptors (Lipinski definition) is 7. The van der Waals surface area contributed by atoms with Crippen LogP contribution in [0.3, 0.4) is 0 Å². The molecule has 1 amide bonds. The molecule has 110 valence electrons. The molecule has 0 radical (unpaired) electrons. The first-order valence-electron chi connectivity index (χ1n) is 6.12. The van der Waals surface area contributed by atoms with Crippen molar-refractivity contribution in [2.45, 2.75) is 17.9 Å². The Morgan fingerprint density at radius 3 is 2.80 bits per heavy atom. The van der Waals surface area contributed by atoms with Gasteiger partial charge in [-0.3, -0.25) is 4.79 Å². The van der Waals surface area contributed by atoms with Crippen molar-refractivity contribution in [1.29, 1.82) is 0 Å². The van der Waals surface area contributed by atoms with Crippen molar-refractivity contribution in [2.24, 2.45) is 0 Å². The number of carbonyl (C=O) groups excluding carboxylic acids is 1. The van der Waals surface area contributed by atoms with Crippen molar-refractivity contribution in [3.63, 3.8) is 0 Å². The average molecular weight is 296 g/mol. The number of amides is 1. The van der Waals surface area contributed by atoms with Gasteiger partial charge in [0.2, 0.25) is 17.8 Å². The molecule has 0 bridgehead atoms. The van der Waals surface area contributed by atoms with Gasteiger partial charge in [-0.05, 0) is 6.92 Å². The summed E-state index contributed by atoms with van der Waals surface area (Å²) < 4.78 is 0. The number of aromatic nitrogens is 3. The Hall–Kier alpha value is -1.83. The van der Waals surface area contributed by atoms with Crippen LogP contribution >= 0.6 is 11.8 Å². The molecule has 1 heterocycles. The molecule has 1 unspecified atom stereocenters. The van der Waals surface area contributed by atoms with Crippen LogP contribution in [-0.2, 0) is 10.5 Å². The number of nitrogens with one attached hydrogen (secondary N) is 1. The van der Waals surface area contributed by atoms with E-state index < -0.39 is 0 Å². The Kier molecular flexibility index (Phi) is 6.23. The molecule has 0 aliphatic rings. The van der Waals surface area contributed by atoms with Crippen LogP contribution < -0.4 is 16.0 Å². The molecule has 0 saturated heterocycles. The van der Waals surface area contributed by atoms with Crippen LogP contribution in [0.5, 0.6) is 0 Å². The molecule has 0 fully saturated rings. The standard InChI is InChI=1S/C12H20N6OS/c1-5-6-14-10(19)8(2)20-7-9-15-11(13)17-12(16-9)18(3)4/h5,8H,1,6-7H2,2-4H3,(H,14,19)(H2,13,15,16,17). The summed E-state index contributed by atoms with van der Waals surface area (Å²) in [5.41, 5.74) is 5.64. The number of anilines is 2. The lowest BCUT2D eigenvalue weighted by atomic mass is 10.4. The van der Waals surface area contributed by atoms with Crippen LogP contribution in [-0.4, -0.2) is 46.7 Å². The summed E-state index contributed by atoms with van der Waals surface area (Å²) in [7, 11) is 3.66. The summed E-state index contributed by atoms with van der Waals surface area (Å²) in [5.74, 6) is 1.72. The van der Waals surface area contributed by atoms with E-state index >= 15 is 0 Å². The topological polar surface area (TPSA) is 97.0 Å². The van der Waals surface area contributed by atoms with Crippen molar-refractivity contribution >= 4 is 29.6 Å². The van der Waals surface area contributed by atoms with Crippen LogP contribution in [0.15, 0.2) is 12.7 Å². The molecule has 0 aliphatic carbocycles. The molecule has 1 rings (SSSR count). The number of nitrogens with zero attached hydrogens (tertiary/aromatic N) is 4. The molecular formula is C12H20N6OS. The molecule has 1 aromatic rings. The minimum absolute atomic E-state index is 0.0373. The highest BCUT2D eigenvalue weighted by atomic mass is 32.2. The second kappa shape index (κ2) is 7.68. The third-order valence-electron chi connectivity index (χ3n) is 2.34. The van der Waals surface area contributed by atoms with E-state index in [9.17, 15) is 4.79 Å². The predicted octanol–water partition coefficient (Wildman–Crippen LogP) is 0.444. The first-order chi connectivity index (χ1) is 9.43. The van der Waals surface area contributed by atoms with E-state index in [0.717, 1.165) is 0 Å². The number of nitrogens with two attached hydrogens (primary N) is 1. The zero-order valence-electron chi connectivity index (χ0n) is 12.0. The van der Waals surface area contributed by atoms with E-state index in [1.807, 2.05) is 21.0 Å². The molecular weight excluding hydrogens is 276 g/mol. The monoisotopic (exact) mass is 296 g/mol. The number of hydrogen-bond donors (Lipinski definition) is 2. The van der Waals surface area contributed by atoms with E-state index in [0.29, 0.717) is 24.1 Å². The van der Waals surface area contributed by atoms with Crippen molar-refractivity contribution < 1.29 is 4.79 Å². The average Bonchev–Trinajstić information content (AvgIpc) is 2.41. The largest absolute Gasteiger partial charge is 0.368 e. The fourth-order valence-electron chi connectivity index (χ4n) is 1.28. The van der Waals surface area contributed by atoms with Gasteiger partial charge in [0.05, 0.1) is 11.0 Å². The van der Waals surface area contributed by atoms with Gasteiger partial charge in [-0.2, -0.15) is 15.0 Å². The maximum atomic E-state index is 11.7. The Labute approximate surface area is 123 Å². The summed E-state index contributed by atoms with van der Waals surface area (Å²) in [6, 6.07) is 0.